The summed E-state index contributed by atoms with van der Waals surface area (Å²) in [5.74, 6) is -4.54. The Kier molecular flexibility index (Phi) is 8.18. The van der Waals surface area contributed by atoms with Crippen molar-refractivity contribution in [2.45, 2.75) is 31.9 Å². The van der Waals surface area contributed by atoms with E-state index in [2.05, 4.69) is 5.32 Å². The van der Waals surface area contributed by atoms with Gasteiger partial charge in [-0.3, -0.25) is 4.79 Å². The fourth-order valence-corrected chi connectivity index (χ4v) is 2.77. The number of benzene rings is 1. The number of halogens is 6. The number of carboxylic acids is 1. The average Bonchev–Trinajstić information content (AvgIpc) is 3.07. The van der Waals surface area contributed by atoms with E-state index in [1.54, 1.807) is 6.07 Å². The average molecular weight is 427 g/mol. The second-order valence-electron chi connectivity index (χ2n) is 5.41. The molecule has 0 aliphatic carbocycles. The van der Waals surface area contributed by atoms with Crippen molar-refractivity contribution in [2.75, 3.05) is 0 Å². The Balaban J connectivity index is 0.000000480. The summed E-state index contributed by atoms with van der Waals surface area (Å²) in [6.07, 6.45) is -9.90. The summed E-state index contributed by atoms with van der Waals surface area (Å²) < 4.78 is 68.7. The van der Waals surface area contributed by atoms with Gasteiger partial charge < -0.3 is 10.4 Å². The minimum absolute atomic E-state index is 0.0788. The number of rotatable bonds is 5. The highest BCUT2D eigenvalue weighted by molar-refractivity contribution is 7.14. The fourth-order valence-electron chi connectivity index (χ4n) is 1.85. The maximum Gasteiger partial charge on any atom is 0.490 e. The predicted octanol–water partition coefficient (Wildman–Crippen LogP) is 4.98. The molecule has 11 heteroatoms. The quantitative estimate of drug-likeness (QED) is 0.522. The molecule has 0 aliphatic rings. The highest BCUT2D eigenvalue weighted by Gasteiger charge is 2.40. The minimum atomic E-state index is -5.08. The van der Waals surface area contributed by atoms with E-state index in [1.807, 2.05) is 37.3 Å². The van der Waals surface area contributed by atoms with E-state index in [9.17, 15) is 31.1 Å². The third-order valence-electron chi connectivity index (χ3n) is 3.27. The lowest BCUT2D eigenvalue weighted by Gasteiger charge is -2.13. The number of carbonyl (C=O) groups is 2. The normalized spacial score (nSPS) is 12.7. The molecular weight excluding hydrogens is 412 g/mol. The molecule has 0 spiro atoms. The first-order valence-corrected chi connectivity index (χ1v) is 8.42. The van der Waals surface area contributed by atoms with Crippen LogP contribution >= 0.6 is 11.3 Å². The number of hydrogen-bond acceptors (Lipinski definition) is 4. The molecule has 0 bridgehead atoms. The van der Waals surface area contributed by atoms with E-state index in [4.69, 9.17) is 9.90 Å². The van der Waals surface area contributed by atoms with Gasteiger partial charge in [-0.15, -0.1) is 11.3 Å². The van der Waals surface area contributed by atoms with Gasteiger partial charge in [-0.05, 0) is 24.6 Å². The van der Waals surface area contributed by atoms with Crippen LogP contribution in [-0.4, -0.2) is 29.2 Å². The SMILES string of the molecule is C[C@@H](NCc1ccc(C(=O)C(F)(F)F)s1)c1ccccc1.O=C(O)C(F)(F)F. The molecule has 4 nitrogen and oxygen atoms in total. The molecular formula is C17H15F6NO3S. The Morgan fingerprint density at radius 3 is 2.00 bits per heavy atom. The number of ketones is 1. The van der Waals surface area contributed by atoms with Gasteiger partial charge in [-0.1, -0.05) is 30.3 Å². The Morgan fingerprint density at radius 1 is 1.00 bits per heavy atom. The molecule has 0 unspecified atom stereocenters. The van der Waals surface area contributed by atoms with Crippen LogP contribution in [-0.2, 0) is 11.3 Å². The zero-order valence-corrected chi connectivity index (χ0v) is 15.1. The smallest absolute Gasteiger partial charge is 0.475 e. The molecule has 1 heterocycles. The molecule has 1 atom stereocenters. The summed E-state index contributed by atoms with van der Waals surface area (Å²) in [5, 5.41) is 10.3. The third-order valence-corrected chi connectivity index (χ3v) is 4.35. The topological polar surface area (TPSA) is 66.4 Å². The summed E-state index contributed by atoms with van der Waals surface area (Å²) in [7, 11) is 0. The lowest BCUT2D eigenvalue weighted by molar-refractivity contribution is -0.192. The van der Waals surface area contributed by atoms with E-state index in [1.165, 1.54) is 6.07 Å². The number of carbonyl (C=O) groups excluding carboxylic acids is 1. The second-order valence-corrected chi connectivity index (χ2v) is 6.58. The molecule has 1 aromatic carbocycles. The van der Waals surface area contributed by atoms with Crippen molar-refractivity contribution in [1.82, 2.24) is 5.32 Å². The lowest BCUT2D eigenvalue weighted by Crippen LogP contribution is -2.21. The highest BCUT2D eigenvalue weighted by atomic mass is 32.1. The Bertz CT molecular complexity index is 786. The van der Waals surface area contributed by atoms with E-state index >= 15 is 0 Å². The van der Waals surface area contributed by atoms with Gasteiger partial charge in [0.1, 0.15) is 0 Å². The number of carboxylic acid groups (broad SMARTS) is 1. The maximum absolute atomic E-state index is 12.3. The van der Waals surface area contributed by atoms with E-state index in [0.717, 1.165) is 16.9 Å². The van der Waals surface area contributed by atoms with Crippen molar-refractivity contribution in [3.05, 3.63) is 57.8 Å². The molecule has 0 amide bonds. The lowest BCUT2D eigenvalue weighted by atomic mass is 10.1. The van der Waals surface area contributed by atoms with Crippen LogP contribution in [0.25, 0.3) is 0 Å². The van der Waals surface area contributed by atoms with Crippen molar-refractivity contribution in [3.63, 3.8) is 0 Å². The molecule has 154 valence electrons. The molecule has 2 N–H and O–H groups in total. The molecule has 1 aromatic heterocycles. The van der Waals surface area contributed by atoms with Crippen LogP contribution in [0.2, 0.25) is 0 Å². The van der Waals surface area contributed by atoms with E-state index in [0.29, 0.717) is 11.4 Å². The van der Waals surface area contributed by atoms with E-state index < -0.39 is 24.1 Å². The molecule has 2 rings (SSSR count). The summed E-state index contributed by atoms with van der Waals surface area (Å²) in [4.78, 5) is 20.4. The summed E-state index contributed by atoms with van der Waals surface area (Å²) in [6, 6.07) is 12.6. The first-order valence-electron chi connectivity index (χ1n) is 7.61. The van der Waals surface area contributed by atoms with Gasteiger partial charge >= 0.3 is 18.3 Å². The number of hydrogen-bond donors (Lipinski definition) is 2. The minimum Gasteiger partial charge on any atom is -0.475 e. The molecule has 0 radical (unpaired) electrons. The van der Waals surface area contributed by atoms with Gasteiger partial charge in [-0.25, -0.2) is 4.79 Å². The number of thiophene rings is 1. The van der Waals surface area contributed by atoms with Gasteiger partial charge in [0.05, 0.1) is 4.88 Å². The third kappa shape index (κ3) is 7.69. The number of Topliss-reactive ketones (excluding diaryl/α,β-unsaturated/α-hetero) is 1. The largest absolute Gasteiger partial charge is 0.490 e. The number of alkyl halides is 6. The van der Waals surface area contributed by atoms with Gasteiger partial charge in [0.25, 0.3) is 5.78 Å². The maximum atomic E-state index is 12.3. The molecule has 0 aliphatic heterocycles. The van der Waals surface area contributed by atoms with Gasteiger partial charge in [0.2, 0.25) is 0 Å². The van der Waals surface area contributed by atoms with Gasteiger partial charge in [0, 0.05) is 17.5 Å². The van der Waals surface area contributed by atoms with E-state index in [-0.39, 0.29) is 10.9 Å². The monoisotopic (exact) mass is 427 g/mol. The van der Waals surface area contributed by atoms with Crippen LogP contribution in [0.5, 0.6) is 0 Å². The zero-order chi connectivity index (χ0) is 21.5. The van der Waals surface area contributed by atoms with Crippen LogP contribution in [0.1, 0.15) is 33.1 Å². The zero-order valence-electron chi connectivity index (χ0n) is 14.3. The summed E-state index contributed by atoms with van der Waals surface area (Å²) in [5.41, 5.74) is 1.10. The summed E-state index contributed by atoms with van der Waals surface area (Å²) in [6.45, 7) is 2.40. The van der Waals surface area contributed by atoms with Crippen LogP contribution in [0.4, 0.5) is 26.3 Å². The fraction of sp³-hybridized carbons (Fsp3) is 0.294. The second kappa shape index (κ2) is 9.69. The molecule has 0 saturated heterocycles. The van der Waals surface area contributed by atoms with Crippen LogP contribution in [0.15, 0.2) is 42.5 Å². The standard InChI is InChI=1S/C15H14F3NOS.C2HF3O2/c1-10(11-5-3-2-4-6-11)19-9-12-7-8-13(21-12)14(20)15(16,17)18;3-2(4,5)1(6)7/h2-8,10,19H,9H2,1H3;(H,6,7)/t10-;/m1./s1. The Labute approximate surface area is 159 Å². The first kappa shape index (κ1) is 23.6. The number of nitrogens with one attached hydrogen (secondary N) is 1. The summed E-state index contributed by atoms with van der Waals surface area (Å²) >= 11 is 0.873. The van der Waals surface area contributed by atoms with Crippen molar-refractivity contribution < 1.29 is 41.0 Å². The molecule has 2 aromatic rings. The predicted molar refractivity (Wildman–Crippen MR) is 90.1 cm³/mol. The molecule has 0 saturated carbocycles. The van der Waals surface area contributed by atoms with Crippen molar-refractivity contribution >= 4 is 23.1 Å². The van der Waals surface area contributed by atoms with Crippen molar-refractivity contribution in [1.29, 1.82) is 0 Å². The van der Waals surface area contributed by atoms with Crippen LogP contribution < -0.4 is 5.32 Å². The van der Waals surface area contributed by atoms with Crippen LogP contribution in [0, 0.1) is 0 Å². The first-order chi connectivity index (χ1) is 12.8. The Morgan fingerprint density at radius 2 is 1.54 bits per heavy atom. The highest BCUT2D eigenvalue weighted by Crippen LogP contribution is 2.26. The van der Waals surface area contributed by atoms with Crippen molar-refractivity contribution in [3.8, 4) is 0 Å². The molecule has 0 fully saturated rings. The molecule has 28 heavy (non-hydrogen) atoms. The van der Waals surface area contributed by atoms with Gasteiger partial charge in [-0.2, -0.15) is 26.3 Å². The number of aliphatic carboxylic acids is 1. The van der Waals surface area contributed by atoms with Crippen LogP contribution in [0.3, 0.4) is 0 Å². The van der Waals surface area contributed by atoms with Gasteiger partial charge in [0.15, 0.2) is 0 Å². The Hall–Kier alpha value is -2.40. The van der Waals surface area contributed by atoms with Crippen molar-refractivity contribution in [2.24, 2.45) is 0 Å².